The standard InChI is InChI=1S/C19H24N2O3.H2S/c1-13(20)18(22)21-16-10-6-5-9-15(16)11-17(21)19(23)24-12-14-7-3-2-4-8-14;/h2-4,7-8,13,17H,5-6,9-12,20H2,1H3;1H2/t13-,17-;/m0./s1. The van der Waals surface area contributed by atoms with Gasteiger partial charge >= 0.3 is 5.97 Å². The number of benzene rings is 1. The third kappa shape index (κ3) is 4.25. The smallest absolute Gasteiger partial charge is 0.329 e. The number of esters is 1. The Labute approximate surface area is 155 Å². The number of amides is 1. The third-order valence-corrected chi connectivity index (χ3v) is 4.72. The summed E-state index contributed by atoms with van der Waals surface area (Å²) in [5.41, 5.74) is 8.96. The number of nitrogens with zero attached hydrogens (tertiary/aromatic N) is 1. The summed E-state index contributed by atoms with van der Waals surface area (Å²) in [6, 6.07) is 8.38. The molecule has 1 aliphatic heterocycles. The SMILES string of the molecule is C[C@H](N)C(=O)N1C2=C(CCCC2)C[C@H]1C(=O)OCc1ccccc1.S. The maximum atomic E-state index is 12.6. The van der Waals surface area contributed by atoms with E-state index in [1.807, 2.05) is 30.3 Å². The van der Waals surface area contributed by atoms with Crippen LogP contribution >= 0.6 is 13.5 Å². The molecule has 136 valence electrons. The number of ether oxygens (including phenoxy) is 1. The maximum Gasteiger partial charge on any atom is 0.329 e. The fourth-order valence-corrected chi connectivity index (χ4v) is 3.49. The van der Waals surface area contributed by atoms with E-state index in [0.717, 1.165) is 36.9 Å². The van der Waals surface area contributed by atoms with Crippen molar-refractivity contribution in [2.24, 2.45) is 5.73 Å². The number of rotatable bonds is 4. The van der Waals surface area contributed by atoms with Gasteiger partial charge in [-0.15, -0.1) is 0 Å². The van der Waals surface area contributed by atoms with Crippen molar-refractivity contribution in [1.82, 2.24) is 4.90 Å². The van der Waals surface area contributed by atoms with Gasteiger partial charge in [-0.2, -0.15) is 13.5 Å². The first-order valence-electron chi connectivity index (χ1n) is 8.58. The molecular formula is C19H26N2O3S. The molecule has 0 unspecified atom stereocenters. The second-order valence-electron chi connectivity index (χ2n) is 6.57. The number of nitrogens with two attached hydrogens (primary N) is 1. The van der Waals surface area contributed by atoms with Gasteiger partial charge in [-0.05, 0) is 43.7 Å². The lowest BCUT2D eigenvalue weighted by molar-refractivity contribution is -0.154. The van der Waals surface area contributed by atoms with Gasteiger partial charge in [0.25, 0.3) is 0 Å². The molecule has 1 aliphatic carbocycles. The minimum Gasteiger partial charge on any atom is -0.459 e. The average Bonchev–Trinajstić information content (AvgIpc) is 2.99. The summed E-state index contributed by atoms with van der Waals surface area (Å²) in [6.07, 6.45) is 4.55. The molecule has 1 heterocycles. The van der Waals surface area contributed by atoms with E-state index >= 15 is 0 Å². The van der Waals surface area contributed by atoms with Crippen molar-refractivity contribution >= 4 is 25.4 Å². The molecule has 2 N–H and O–H groups in total. The molecule has 1 aromatic carbocycles. The highest BCUT2D eigenvalue weighted by atomic mass is 32.1. The number of allylic oxidation sites excluding steroid dienone is 1. The van der Waals surface area contributed by atoms with Gasteiger partial charge < -0.3 is 15.4 Å². The van der Waals surface area contributed by atoms with Crippen LogP contribution < -0.4 is 5.73 Å². The molecule has 0 saturated heterocycles. The van der Waals surface area contributed by atoms with Crippen molar-refractivity contribution in [3.8, 4) is 0 Å². The van der Waals surface area contributed by atoms with E-state index in [1.165, 1.54) is 5.57 Å². The number of hydrogen-bond donors (Lipinski definition) is 1. The summed E-state index contributed by atoms with van der Waals surface area (Å²) in [6.45, 7) is 1.89. The molecule has 25 heavy (non-hydrogen) atoms. The van der Waals surface area contributed by atoms with Crippen LogP contribution in [0.1, 0.15) is 44.6 Å². The first-order valence-corrected chi connectivity index (χ1v) is 8.58. The Morgan fingerprint density at radius 2 is 1.92 bits per heavy atom. The van der Waals surface area contributed by atoms with E-state index in [-0.39, 0.29) is 32.0 Å². The van der Waals surface area contributed by atoms with E-state index in [0.29, 0.717) is 6.42 Å². The second kappa shape index (κ2) is 8.54. The summed E-state index contributed by atoms with van der Waals surface area (Å²) < 4.78 is 5.48. The Hall–Kier alpha value is -1.79. The van der Waals surface area contributed by atoms with Crippen LogP contribution in [0.5, 0.6) is 0 Å². The minimum atomic E-state index is -0.622. The number of carbonyl (C=O) groups excluding carboxylic acids is 2. The zero-order chi connectivity index (χ0) is 17.1. The molecular weight excluding hydrogens is 336 g/mol. The lowest BCUT2D eigenvalue weighted by Crippen LogP contribution is -2.48. The summed E-state index contributed by atoms with van der Waals surface area (Å²) in [7, 11) is 0. The van der Waals surface area contributed by atoms with Crippen molar-refractivity contribution in [2.75, 3.05) is 0 Å². The topological polar surface area (TPSA) is 72.6 Å². The molecule has 1 aromatic rings. The lowest BCUT2D eigenvalue weighted by atomic mass is 9.96. The summed E-state index contributed by atoms with van der Waals surface area (Å²) in [4.78, 5) is 26.8. The zero-order valence-corrected chi connectivity index (χ0v) is 15.5. The van der Waals surface area contributed by atoms with Crippen molar-refractivity contribution < 1.29 is 14.3 Å². The van der Waals surface area contributed by atoms with Crippen molar-refractivity contribution in [2.45, 2.75) is 57.7 Å². The Morgan fingerprint density at radius 1 is 1.24 bits per heavy atom. The molecule has 1 amide bonds. The van der Waals surface area contributed by atoms with Crippen molar-refractivity contribution in [3.05, 3.63) is 47.2 Å². The first kappa shape index (κ1) is 19.5. The molecule has 0 aromatic heterocycles. The quantitative estimate of drug-likeness (QED) is 0.836. The van der Waals surface area contributed by atoms with E-state index in [2.05, 4.69) is 0 Å². The molecule has 0 radical (unpaired) electrons. The predicted molar refractivity (Wildman–Crippen MR) is 101 cm³/mol. The van der Waals surface area contributed by atoms with E-state index < -0.39 is 12.1 Å². The summed E-state index contributed by atoms with van der Waals surface area (Å²) in [5.74, 6) is -0.536. The molecule has 0 spiro atoms. The number of hydrogen-bond acceptors (Lipinski definition) is 4. The minimum absolute atomic E-state index is 0. The summed E-state index contributed by atoms with van der Waals surface area (Å²) >= 11 is 0. The second-order valence-corrected chi connectivity index (χ2v) is 6.57. The van der Waals surface area contributed by atoms with Crippen molar-refractivity contribution in [3.63, 3.8) is 0 Å². The van der Waals surface area contributed by atoms with Crippen LogP contribution in [-0.2, 0) is 20.9 Å². The highest BCUT2D eigenvalue weighted by Gasteiger charge is 2.42. The highest BCUT2D eigenvalue weighted by Crippen LogP contribution is 2.39. The Morgan fingerprint density at radius 3 is 2.60 bits per heavy atom. The van der Waals surface area contributed by atoms with E-state index in [9.17, 15) is 9.59 Å². The normalized spacial score (nSPS) is 20.6. The van der Waals surface area contributed by atoms with Crippen molar-refractivity contribution in [1.29, 1.82) is 0 Å². The van der Waals surface area contributed by atoms with Gasteiger partial charge in [-0.25, -0.2) is 4.79 Å². The zero-order valence-electron chi connectivity index (χ0n) is 14.5. The maximum absolute atomic E-state index is 12.6. The van der Waals surface area contributed by atoms with Crippen LogP contribution in [0.4, 0.5) is 0 Å². The molecule has 2 atom stereocenters. The number of carbonyl (C=O) groups is 2. The highest BCUT2D eigenvalue weighted by molar-refractivity contribution is 7.59. The van der Waals surface area contributed by atoms with E-state index in [1.54, 1.807) is 11.8 Å². The fraction of sp³-hybridized carbons (Fsp3) is 0.474. The largest absolute Gasteiger partial charge is 0.459 e. The molecule has 2 aliphatic rings. The van der Waals surface area contributed by atoms with Crippen LogP contribution in [0.15, 0.2) is 41.6 Å². The van der Waals surface area contributed by atoms with Crippen LogP contribution in [0.3, 0.4) is 0 Å². The van der Waals surface area contributed by atoms with Gasteiger partial charge in [-0.3, -0.25) is 4.79 Å². The first-order chi connectivity index (χ1) is 11.6. The molecule has 6 heteroatoms. The van der Waals surface area contributed by atoms with Gasteiger partial charge in [0, 0.05) is 12.1 Å². The lowest BCUT2D eigenvalue weighted by Gasteiger charge is -2.29. The van der Waals surface area contributed by atoms with Crippen LogP contribution in [-0.4, -0.2) is 28.9 Å². The molecule has 0 fully saturated rings. The summed E-state index contributed by atoms with van der Waals surface area (Å²) in [5, 5.41) is 0. The van der Waals surface area contributed by atoms with Gasteiger partial charge in [0.05, 0.1) is 6.04 Å². The van der Waals surface area contributed by atoms with Gasteiger partial charge in [0.2, 0.25) is 5.91 Å². The van der Waals surface area contributed by atoms with Gasteiger partial charge in [0.1, 0.15) is 12.6 Å². The Kier molecular flexibility index (Phi) is 6.67. The Bertz CT molecular complexity index is 658. The third-order valence-electron chi connectivity index (χ3n) is 4.72. The molecule has 5 nitrogen and oxygen atoms in total. The Balaban J connectivity index is 0.00000225. The molecule has 0 saturated carbocycles. The van der Waals surface area contributed by atoms with Gasteiger partial charge in [0.15, 0.2) is 0 Å². The van der Waals surface area contributed by atoms with Crippen LogP contribution in [0, 0.1) is 0 Å². The molecule has 3 rings (SSSR count). The van der Waals surface area contributed by atoms with Crippen LogP contribution in [0.2, 0.25) is 0 Å². The van der Waals surface area contributed by atoms with E-state index in [4.69, 9.17) is 10.5 Å². The fourth-order valence-electron chi connectivity index (χ4n) is 3.49. The molecule has 0 bridgehead atoms. The van der Waals surface area contributed by atoms with Gasteiger partial charge in [-0.1, -0.05) is 30.3 Å². The average molecular weight is 362 g/mol. The monoisotopic (exact) mass is 362 g/mol. The predicted octanol–water partition coefficient (Wildman–Crippen LogP) is 2.62. The van der Waals surface area contributed by atoms with Crippen LogP contribution in [0.25, 0.3) is 0 Å².